The number of guanidine groups is 2. The van der Waals surface area contributed by atoms with E-state index in [9.17, 15) is 9.59 Å². The zero-order valence-corrected chi connectivity index (χ0v) is 30.2. The highest BCUT2D eigenvalue weighted by Gasteiger charge is 2.26. The SMILES string of the molecule is N=C(N)NCCCCNC[C@H](Cc1ccc(-c2ccccc2)cc1)NC(=O)[C@H](CCCNC(=N)N)NC(=O)[C@@H](N)Cc1ccc(-c2ccccc2)cc1. The molecule has 0 saturated carbocycles. The van der Waals surface area contributed by atoms with Gasteiger partial charge in [-0.2, -0.15) is 0 Å². The number of carbonyl (C=O) groups excluding carboxylic acids is 2. The van der Waals surface area contributed by atoms with Crippen LogP contribution >= 0.6 is 0 Å². The Balaban J connectivity index is 1.41. The topological polar surface area (TPSA) is 220 Å². The summed E-state index contributed by atoms with van der Waals surface area (Å²) in [4.78, 5) is 27.3. The van der Waals surface area contributed by atoms with Gasteiger partial charge in [0.05, 0.1) is 6.04 Å². The minimum absolute atomic E-state index is 0.0452. The smallest absolute Gasteiger partial charge is 0.242 e. The van der Waals surface area contributed by atoms with Gasteiger partial charge in [-0.05, 0) is 78.5 Å². The molecule has 3 atom stereocenters. The van der Waals surface area contributed by atoms with Crippen molar-refractivity contribution < 1.29 is 9.59 Å². The molecular formula is C41H54N10O2. The van der Waals surface area contributed by atoms with Crippen LogP contribution in [0.15, 0.2) is 109 Å². The number of hydrogen-bond donors (Lipinski definition) is 10. The van der Waals surface area contributed by atoms with Gasteiger partial charge in [0.2, 0.25) is 11.8 Å². The van der Waals surface area contributed by atoms with Gasteiger partial charge >= 0.3 is 0 Å². The molecule has 0 heterocycles. The molecule has 0 radical (unpaired) electrons. The number of amides is 2. The van der Waals surface area contributed by atoms with Crippen LogP contribution in [0.1, 0.15) is 36.8 Å². The molecule has 53 heavy (non-hydrogen) atoms. The van der Waals surface area contributed by atoms with Crippen molar-refractivity contribution in [1.82, 2.24) is 26.6 Å². The lowest BCUT2D eigenvalue weighted by Crippen LogP contribution is -2.55. The van der Waals surface area contributed by atoms with Gasteiger partial charge in [0.15, 0.2) is 11.9 Å². The van der Waals surface area contributed by atoms with Crippen LogP contribution in [0.2, 0.25) is 0 Å². The maximum atomic E-state index is 13.9. The van der Waals surface area contributed by atoms with E-state index in [-0.39, 0.29) is 23.9 Å². The molecule has 12 nitrogen and oxygen atoms in total. The summed E-state index contributed by atoms with van der Waals surface area (Å²) < 4.78 is 0. The number of rotatable bonds is 21. The maximum absolute atomic E-state index is 13.9. The molecule has 0 fully saturated rings. The normalized spacial score (nSPS) is 12.5. The Bertz CT molecular complexity index is 1720. The quantitative estimate of drug-likeness (QED) is 0.0349. The highest BCUT2D eigenvalue weighted by atomic mass is 16.2. The molecule has 4 aromatic rings. The van der Waals surface area contributed by atoms with Crippen LogP contribution in [0.25, 0.3) is 22.3 Å². The van der Waals surface area contributed by atoms with E-state index >= 15 is 0 Å². The molecule has 0 bridgehead atoms. The third-order valence-electron chi connectivity index (χ3n) is 8.85. The van der Waals surface area contributed by atoms with Crippen LogP contribution in [0.3, 0.4) is 0 Å². The summed E-state index contributed by atoms with van der Waals surface area (Å²) in [5, 5.41) is 29.9. The van der Waals surface area contributed by atoms with Gasteiger partial charge in [0, 0.05) is 25.7 Å². The second-order valence-corrected chi connectivity index (χ2v) is 13.1. The number of carbonyl (C=O) groups is 2. The summed E-state index contributed by atoms with van der Waals surface area (Å²) in [5.41, 5.74) is 23.6. The van der Waals surface area contributed by atoms with Crippen LogP contribution in [0.5, 0.6) is 0 Å². The van der Waals surface area contributed by atoms with Crippen LogP contribution in [0, 0.1) is 10.8 Å². The summed E-state index contributed by atoms with van der Waals surface area (Å²) >= 11 is 0. The Labute approximate surface area is 312 Å². The zero-order valence-electron chi connectivity index (χ0n) is 30.2. The van der Waals surface area contributed by atoms with Gasteiger partial charge in [-0.15, -0.1) is 0 Å². The lowest BCUT2D eigenvalue weighted by Gasteiger charge is -2.25. The van der Waals surface area contributed by atoms with Gasteiger partial charge < -0.3 is 43.8 Å². The van der Waals surface area contributed by atoms with Gasteiger partial charge in [0.25, 0.3) is 0 Å². The van der Waals surface area contributed by atoms with E-state index in [1.54, 1.807) is 0 Å². The van der Waals surface area contributed by atoms with E-state index in [1.807, 2.05) is 72.8 Å². The maximum Gasteiger partial charge on any atom is 0.242 e. The standard InChI is InChI=1S/C41H54N10O2/c42-36(27-30-17-21-34(22-18-30)32-12-5-2-6-13-32)38(52)51-37(14-9-25-49-41(45)46)39(53)50-35(28-47-23-7-8-24-48-40(43)44)26-29-15-19-33(20-16-29)31-10-3-1-4-11-31/h1-6,10-13,15-22,35-37,47H,7-9,14,23-28,42H2,(H,50,53)(H,51,52)(H4,43,44,48)(H4,45,46,49)/t35-,36-,37-/m0/s1. The fraction of sp³-hybridized carbons (Fsp3) is 0.317. The summed E-state index contributed by atoms with van der Waals surface area (Å²) in [5.74, 6) is -0.922. The van der Waals surface area contributed by atoms with Crippen molar-refractivity contribution in [2.24, 2.45) is 17.2 Å². The first kappa shape index (κ1) is 40.1. The average molecular weight is 719 g/mol. The second-order valence-electron chi connectivity index (χ2n) is 13.1. The molecule has 4 aromatic carbocycles. The van der Waals surface area contributed by atoms with Gasteiger partial charge in [0.1, 0.15) is 6.04 Å². The predicted molar refractivity (Wildman–Crippen MR) is 214 cm³/mol. The van der Waals surface area contributed by atoms with Crippen molar-refractivity contribution in [3.05, 3.63) is 120 Å². The lowest BCUT2D eigenvalue weighted by atomic mass is 9.99. The first-order valence-corrected chi connectivity index (χ1v) is 18.2. The van der Waals surface area contributed by atoms with E-state index in [0.717, 1.165) is 52.8 Å². The van der Waals surface area contributed by atoms with Crippen molar-refractivity contribution >= 4 is 23.7 Å². The van der Waals surface area contributed by atoms with Gasteiger partial charge in [-0.25, -0.2) is 0 Å². The van der Waals surface area contributed by atoms with Crippen LogP contribution in [-0.4, -0.2) is 68.0 Å². The van der Waals surface area contributed by atoms with Gasteiger partial charge in [-0.1, -0.05) is 109 Å². The number of nitrogens with two attached hydrogens (primary N) is 3. The Morgan fingerprint density at radius 2 is 1.04 bits per heavy atom. The first-order chi connectivity index (χ1) is 25.7. The molecule has 0 saturated heterocycles. The molecule has 0 aliphatic rings. The zero-order chi connectivity index (χ0) is 37.8. The molecule has 0 aromatic heterocycles. The number of benzene rings is 4. The first-order valence-electron chi connectivity index (χ1n) is 18.2. The fourth-order valence-corrected chi connectivity index (χ4v) is 5.99. The molecular weight excluding hydrogens is 665 g/mol. The van der Waals surface area contributed by atoms with E-state index in [2.05, 4.69) is 63.0 Å². The minimum atomic E-state index is -0.860. The van der Waals surface area contributed by atoms with E-state index < -0.39 is 18.0 Å². The molecule has 0 aliphatic heterocycles. The van der Waals surface area contributed by atoms with Crippen LogP contribution in [0.4, 0.5) is 0 Å². The number of nitrogens with one attached hydrogen (secondary N) is 7. The Hall–Kier alpha value is -5.72. The molecule has 0 unspecified atom stereocenters. The van der Waals surface area contributed by atoms with Crippen LogP contribution < -0.4 is 43.8 Å². The van der Waals surface area contributed by atoms with E-state index in [0.29, 0.717) is 45.3 Å². The Kier molecular flexibility index (Phi) is 16.3. The number of unbranched alkanes of at least 4 members (excludes halogenated alkanes) is 1. The Morgan fingerprint density at radius 1 is 0.566 bits per heavy atom. The van der Waals surface area contributed by atoms with E-state index in [4.69, 9.17) is 28.0 Å². The lowest BCUT2D eigenvalue weighted by molar-refractivity contribution is -0.130. The third-order valence-corrected chi connectivity index (χ3v) is 8.85. The Morgan fingerprint density at radius 3 is 1.57 bits per heavy atom. The summed E-state index contributed by atoms with van der Waals surface area (Å²) in [6.45, 7) is 2.23. The van der Waals surface area contributed by atoms with Crippen LogP contribution in [-0.2, 0) is 22.4 Å². The van der Waals surface area contributed by atoms with Crippen molar-refractivity contribution in [2.45, 2.75) is 56.7 Å². The summed E-state index contributed by atoms with van der Waals surface area (Å²) in [6.07, 6.45) is 3.41. The van der Waals surface area contributed by atoms with E-state index in [1.165, 1.54) is 0 Å². The highest BCUT2D eigenvalue weighted by molar-refractivity contribution is 5.90. The minimum Gasteiger partial charge on any atom is -0.370 e. The molecule has 2 amide bonds. The molecule has 280 valence electrons. The summed E-state index contributed by atoms with van der Waals surface area (Å²) in [6, 6.07) is 34.5. The van der Waals surface area contributed by atoms with Crippen molar-refractivity contribution in [3.63, 3.8) is 0 Å². The third kappa shape index (κ3) is 14.4. The molecule has 12 heteroatoms. The van der Waals surface area contributed by atoms with Crippen molar-refractivity contribution in [3.8, 4) is 22.3 Å². The highest BCUT2D eigenvalue weighted by Crippen LogP contribution is 2.21. The van der Waals surface area contributed by atoms with Crippen molar-refractivity contribution in [1.29, 1.82) is 10.8 Å². The molecule has 0 aliphatic carbocycles. The number of hydrogen-bond acceptors (Lipinski definition) is 6. The monoisotopic (exact) mass is 718 g/mol. The fourth-order valence-electron chi connectivity index (χ4n) is 5.99. The largest absolute Gasteiger partial charge is 0.370 e. The van der Waals surface area contributed by atoms with Gasteiger partial charge in [-0.3, -0.25) is 20.4 Å². The second kappa shape index (κ2) is 21.6. The summed E-state index contributed by atoms with van der Waals surface area (Å²) in [7, 11) is 0. The predicted octanol–water partition coefficient (Wildman–Crippen LogP) is 3.22. The van der Waals surface area contributed by atoms with Crippen molar-refractivity contribution in [2.75, 3.05) is 26.2 Å². The molecule has 0 spiro atoms. The average Bonchev–Trinajstić information content (AvgIpc) is 3.16. The molecule has 4 rings (SSSR count). The molecule has 13 N–H and O–H groups in total.